The molecule has 0 saturated carbocycles. The highest BCUT2D eigenvalue weighted by molar-refractivity contribution is 5.33. The monoisotopic (exact) mass is 234 g/mol. The van der Waals surface area contributed by atoms with Gasteiger partial charge in [0.1, 0.15) is 5.82 Å². The molecule has 1 aromatic rings. The van der Waals surface area contributed by atoms with Crippen LogP contribution in [0.2, 0.25) is 0 Å². The van der Waals surface area contributed by atoms with Crippen molar-refractivity contribution in [2.45, 2.75) is 39.2 Å². The average molecular weight is 234 g/mol. The van der Waals surface area contributed by atoms with E-state index in [9.17, 15) is 0 Å². The molecule has 1 atom stereocenters. The van der Waals surface area contributed by atoms with Crippen molar-refractivity contribution >= 4 is 5.82 Å². The van der Waals surface area contributed by atoms with E-state index in [0.717, 1.165) is 23.8 Å². The van der Waals surface area contributed by atoms with Gasteiger partial charge in [0.15, 0.2) is 0 Å². The van der Waals surface area contributed by atoms with Crippen LogP contribution >= 0.6 is 0 Å². The molecule has 1 N–H and O–H groups in total. The van der Waals surface area contributed by atoms with Gasteiger partial charge in [0.05, 0.1) is 17.6 Å². The number of likely N-dealkylation sites (N-methyl/N-ethyl adjacent to an activating group) is 1. The minimum atomic E-state index is 0.632. The summed E-state index contributed by atoms with van der Waals surface area (Å²) in [6.07, 6.45) is 5.78. The van der Waals surface area contributed by atoms with E-state index < -0.39 is 0 Å². The molecule has 1 aliphatic rings. The maximum atomic E-state index is 4.49. The highest BCUT2D eigenvalue weighted by Crippen LogP contribution is 2.15. The van der Waals surface area contributed by atoms with Crippen molar-refractivity contribution in [3.8, 4) is 0 Å². The minimum absolute atomic E-state index is 0.632. The molecule has 1 unspecified atom stereocenters. The smallest absolute Gasteiger partial charge is 0.144 e. The molecule has 4 heteroatoms. The predicted octanol–water partition coefficient (Wildman–Crippen LogP) is 1.99. The molecule has 0 aromatic carbocycles. The zero-order valence-electron chi connectivity index (χ0n) is 11.0. The van der Waals surface area contributed by atoms with Gasteiger partial charge in [-0.05, 0) is 40.3 Å². The zero-order valence-corrected chi connectivity index (χ0v) is 11.0. The lowest BCUT2D eigenvalue weighted by atomic mass is 10.0. The maximum Gasteiger partial charge on any atom is 0.144 e. The summed E-state index contributed by atoms with van der Waals surface area (Å²) in [5, 5.41) is 3.40. The molecule has 1 fully saturated rings. The number of hydrogen-bond acceptors (Lipinski definition) is 4. The highest BCUT2D eigenvalue weighted by atomic mass is 15.2. The molecule has 4 nitrogen and oxygen atoms in total. The van der Waals surface area contributed by atoms with Crippen LogP contribution in [-0.2, 0) is 0 Å². The van der Waals surface area contributed by atoms with E-state index in [1.165, 1.54) is 25.8 Å². The van der Waals surface area contributed by atoms with E-state index in [2.05, 4.69) is 27.2 Å². The normalized spacial score (nSPS) is 21.5. The van der Waals surface area contributed by atoms with Crippen molar-refractivity contribution in [1.82, 2.24) is 14.9 Å². The lowest BCUT2D eigenvalue weighted by Crippen LogP contribution is -2.40. The van der Waals surface area contributed by atoms with Crippen LogP contribution in [0, 0.1) is 13.8 Å². The fraction of sp³-hybridized carbons (Fsp3) is 0.692. The topological polar surface area (TPSA) is 41.1 Å². The molecule has 17 heavy (non-hydrogen) atoms. The van der Waals surface area contributed by atoms with Crippen LogP contribution in [0.4, 0.5) is 5.82 Å². The summed E-state index contributed by atoms with van der Waals surface area (Å²) in [6.45, 7) is 6.17. The Kier molecular flexibility index (Phi) is 3.94. The third-order valence-electron chi connectivity index (χ3n) is 3.63. The lowest BCUT2D eigenvalue weighted by Gasteiger charge is -2.32. The number of nitrogens with zero attached hydrogens (tertiary/aromatic N) is 3. The number of aromatic nitrogens is 2. The van der Waals surface area contributed by atoms with Gasteiger partial charge >= 0.3 is 0 Å². The second kappa shape index (κ2) is 5.45. The molecule has 0 spiro atoms. The Morgan fingerprint density at radius 1 is 1.35 bits per heavy atom. The van der Waals surface area contributed by atoms with Crippen LogP contribution in [0.5, 0.6) is 0 Å². The summed E-state index contributed by atoms with van der Waals surface area (Å²) >= 11 is 0. The number of hydrogen-bond donors (Lipinski definition) is 1. The first kappa shape index (κ1) is 12.3. The third-order valence-corrected chi connectivity index (χ3v) is 3.63. The van der Waals surface area contributed by atoms with Crippen molar-refractivity contribution < 1.29 is 0 Å². The Bertz CT molecular complexity index is 378. The molecule has 1 saturated heterocycles. The summed E-state index contributed by atoms with van der Waals surface area (Å²) in [6, 6.07) is 0.632. The molecular formula is C13H22N4. The Hall–Kier alpha value is -1.16. The second-order valence-electron chi connectivity index (χ2n) is 4.94. The number of rotatable bonds is 3. The molecular weight excluding hydrogens is 212 g/mol. The number of nitrogens with one attached hydrogen (secondary N) is 1. The largest absolute Gasteiger partial charge is 0.367 e. The molecule has 1 aromatic heterocycles. The van der Waals surface area contributed by atoms with E-state index in [4.69, 9.17) is 0 Å². The van der Waals surface area contributed by atoms with Crippen molar-refractivity contribution in [1.29, 1.82) is 0 Å². The molecule has 0 radical (unpaired) electrons. The summed E-state index contributed by atoms with van der Waals surface area (Å²) in [7, 11) is 2.21. The molecule has 2 rings (SSSR count). The first-order valence-electron chi connectivity index (χ1n) is 6.41. The second-order valence-corrected chi connectivity index (χ2v) is 4.94. The Morgan fingerprint density at radius 2 is 2.18 bits per heavy atom. The van der Waals surface area contributed by atoms with Gasteiger partial charge in [0.2, 0.25) is 0 Å². The van der Waals surface area contributed by atoms with Gasteiger partial charge in [-0.15, -0.1) is 0 Å². The number of piperidine rings is 1. The SMILES string of the molecule is Cc1ncc(NCC2CCCCN2C)nc1C. The molecule has 2 heterocycles. The third kappa shape index (κ3) is 3.16. The molecule has 0 bridgehead atoms. The standard InChI is InChI=1S/C13H22N4/c1-10-11(2)16-13(9-14-10)15-8-12-6-4-5-7-17(12)3/h9,12H,4-8H2,1-3H3,(H,15,16). The van der Waals surface area contributed by atoms with Gasteiger partial charge in [-0.3, -0.25) is 4.98 Å². The van der Waals surface area contributed by atoms with Crippen molar-refractivity contribution in [3.63, 3.8) is 0 Å². The van der Waals surface area contributed by atoms with E-state index in [-0.39, 0.29) is 0 Å². The van der Waals surface area contributed by atoms with Crippen molar-refractivity contribution in [2.24, 2.45) is 0 Å². The molecule has 0 aliphatic carbocycles. The van der Waals surface area contributed by atoms with Gasteiger partial charge in [-0.25, -0.2) is 4.98 Å². The minimum Gasteiger partial charge on any atom is -0.367 e. The van der Waals surface area contributed by atoms with E-state index >= 15 is 0 Å². The van der Waals surface area contributed by atoms with Crippen LogP contribution in [0.1, 0.15) is 30.7 Å². The van der Waals surface area contributed by atoms with Crippen LogP contribution in [0.3, 0.4) is 0 Å². The highest BCUT2D eigenvalue weighted by Gasteiger charge is 2.18. The molecule has 0 amide bonds. The van der Waals surface area contributed by atoms with Crippen LogP contribution in [-0.4, -0.2) is 41.0 Å². The molecule has 1 aliphatic heterocycles. The van der Waals surface area contributed by atoms with E-state index in [0.29, 0.717) is 6.04 Å². The van der Waals surface area contributed by atoms with Gasteiger partial charge < -0.3 is 10.2 Å². The quantitative estimate of drug-likeness (QED) is 0.868. The van der Waals surface area contributed by atoms with Gasteiger partial charge in [0.25, 0.3) is 0 Å². The van der Waals surface area contributed by atoms with E-state index in [1.807, 2.05) is 20.0 Å². The van der Waals surface area contributed by atoms with Crippen LogP contribution in [0.25, 0.3) is 0 Å². The first-order chi connectivity index (χ1) is 8.16. The molecule has 94 valence electrons. The Labute approximate surface area is 103 Å². The maximum absolute atomic E-state index is 4.49. The Morgan fingerprint density at radius 3 is 2.88 bits per heavy atom. The summed E-state index contributed by atoms with van der Waals surface area (Å²) in [4.78, 5) is 11.2. The van der Waals surface area contributed by atoms with Crippen molar-refractivity contribution in [2.75, 3.05) is 25.5 Å². The van der Waals surface area contributed by atoms with Gasteiger partial charge in [-0.1, -0.05) is 6.42 Å². The van der Waals surface area contributed by atoms with E-state index in [1.54, 1.807) is 0 Å². The summed E-state index contributed by atoms with van der Waals surface area (Å²) < 4.78 is 0. The van der Waals surface area contributed by atoms with Gasteiger partial charge in [-0.2, -0.15) is 0 Å². The van der Waals surface area contributed by atoms with Crippen LogP contribution < -0.4 is 5.32 Å². The van der Waals surface area contributed by atoms with Crippen molar-refractivity contribution in [3.05, 3.63) is 17.6 Å². The number of likely N-dealkylation sites (tertiary alicyclic amines) is 1. The predicted molar refractivity (Wildman–Crippen MR) is 70.3 cm³/mol. The number of aryl methyl sites for hydroxylation is 2. The van der Waals surface area contributed by atoms with Gasteiger partial charge in [0, 0.05) is 12.6 Å². The fourth-order valence-electron chi connectivity index (χ4n) is 2.25. The average Bonchev–Trinajstić information content (AvgIpc) is 2.32. The van der Waals surface area contributed by atoms with Crippen LogP contribution in [0.15, 0.2) is 6.20 Å². The fourth-order valence-corrected chi connectivity index (χ4v) is 2.25. The Balaban J connectivity index is 1.90. The first-order valence-corrected chi connectivity index (χ1v) is 6.41. The zero-order chi connectivity index (χ0) is 12.3. The summed E-state index contributed by atoms with van der Waals surface area (Å²) in [5.41, 5.74) is 2.01. The number of anilines is 1. The summed E-state index contributed by atoms with van der Waals surface area (Å²) in [5.74, 6) is 0.895. The lowest BCUT2D eigenvalue weighted by molar-refractivity contribution is 0.194.